The second kappa shape index (κ2) is 8.29. The molecule has 2 aliphatic heterocycles. The Labute approximate surface area is 182 Å². The van der Waals surface area contributed by atoms with Gasteiger partial charge in [0.1, 0.15) is 17.5 Å². The first kappa shape index (κ1) is 21.8. The first-order valence-corrected chi connectivity index (χ1v) is 11.8. The van der Waals surface area contributed by atoms with Gasteiger partial charge in [-0.3, -0.25) is 9.69 Å². The van der Waals surface area contributed by atoms with E-state index in [1.54, 1.807) is 0 Å². The van der Waals surface area contributed by atoms with Crippen LogP contribution in [0.25, 0.3) is 11.4 Å². The maximum atomic E-state index is 14.5. The highest BCUT2D eigenvalue weighted by Gasteiger charge is 2.33. The monoisotopic (exact) mass is 471 g/mol. The van der Waals surface area contributed by atoms with Crippen molar-refractivity contribution in [2.24, 2.45) is 5.73 Å². The molecule has 3 heterocycles. The van der Waals surface area contributed by atoms with Crippen LogP contribution < -0.4 is 10.6 Å². The summed E-state index contributed by atoms with van der Waals surface area (Å²) in [6.45, 7) is 2.84. The summed E-state index contributed by atoms with van der Waals surface area (Å²) in [7, 11) is -3.40. The second-order valence-electron chi connectivity index (χ2n) is 7.62. The van der Waals surface area contributed by atoms with E-state index in [1.807, 2.05) is 4.90 Å². The van der Waals surface area contributed by atoms with Crippen LogP contribution in [0, 0.1) is 11.6 Å². The molecule has 0 spiro atoms. The van der Waals surface area contributed by atoms with E-state index in [-0.39, 0.29) is 40.2 Å². The summed E-state index contributed by atoms with van der Waals surface area (Å²) in [5, 5.41) is -0.364. The number of rotatable bonds is 5. The van der Waals surface area contributed by atoms with E-state index in [2.05, 4.69) is 14.9 Å². The first-order valence-electron chi connectivity index (χ1n) is 9.63. The van der Waals surface area contributed by atoms with Gasteiger partial charge in [0.25, 0.3) is 0 Å². The number of hydrogen-bond acceptors (Lipinski definition) is 7. The molecular formula is C19H20ClF2N5O3S. The third-order valence-corrected chi connectivity index (χ3v) is 7.12. The third kappa shape index (κ3) is 4.63. The van der Waals surface area contributed by atoms with Gasteiger partial charge in [-0.05, 0) is 12.1 Å². The van der Waals surface area contributed by atoms with E-state index in [9.17, 15) is 22.0 Å². The molecule has 2 N–H and O–H groups in total. The van der Waals surface area contributed by atoms with Crippen molar-refractivity contribution in [3.8, 4) is 11.4 Å². The van der Waals surface area contributed by atoms with Crippen molar-refractivity contribution in [1.29, 1.82) is 0 Å². The molecule has 0 aliphatic carbocycles. The van der Waals surface area contributed by atoms with Crippen LogP contribution in [0.15, 0.2) is 12.1 Å². The van der Waals surface area contributed by atoms with Crippen molar-refractivity contribution in [2.45, 2.75) is 17.9 Å². The topological polar surface area (TPSA) is 109 Å². The molecular weight excluding hydrogens is 452 g/mol. The fourth-order valence-electron chi connectivity index (χ4n) is 3.79. The Kier molecular flexibility index (Phi) is 5.84. The molecule has 0 bridgehead atoms. The Morgan fingerprint density at radius 1 is 1.10 bits per heavy atom. The number of halogens is 3. The zero-order valence-corrected chi connectivity index (χ0v) is 18.0. The smallest absolute Gasteiger partial charge is 0.218 e. The number of nitrogens with two attached hydrogens (primary N) is 1. The number of primary amides is 1. The maximum absolute atomic E-state index is 14.5. The van der Waals surface area contributed by atoms with Crippen LogP contribution in [0.3, 0.4) is 0 Å². The summed E-state index contributed by atoms with van der Waals surface area (Å²) in [6, 6.07) is 1.76. The summed E-state index contributed by atoms with van der Waals surface area (Å²) in [5.41, 5.74) is 5.81. The Morgan fingerprint density at radius 3 is 2.48 bits per heavy atom. The average Bonchev–Trinajstić information content (AvgIpc) is 3.02. The fourth-order valence-corrected chi connectivity index (χ4v) is 5.43. The van der Waals surface area contributed by atoms with E-state index in [0.717, 1.165) is 12.1 Å². The molecule has 12 heteroatoms. The largest absolute Gasteiger partial charge is 0.370 e. The summed E-state index contributed by atoms with van der Waals surface area (Å²) in [5.74, 6) is -2.14. The normalized spacial score (nSPS) is 18.2. The summed E-state index contributed by atoms with van der Waals surface area (Å²) in [4.78, 5) is 23.7. The third-order valence-electron chi connectivity index (χ3n) is 5.39. The quantitative estimate of drug-likeness (QED) is 0.658. The van der Waals surface area contributed by atoms with Crippen LogP contribution in [0.1, 0.15) is 17.7 Å². The fraction of sp³-hybridized carbons (Fsp3) is 0.421. The van der Waals surface area contributed by atoms with Gasteiger partial charge in [-0.2, -0.15) is 0 Å². The lowest BCUT2D eigenvalue weighted by Crippen LogP contribution is -2.47. The number of carbonyl (C=O) groups is 1. The van der Waals surface area contributed by atoms with Gasteiger partial charge >= 0.3 is 0 Å². The number of carbonyl (C=O) groups excluding carboxylic acids is 1. The lowest BCUT2D eigenvalue weighted by atomic mass is 10.1. The molecule has 166 valence electrons. The van der Waals surface area contributed by atoms with Gasteiger partial charge < -0.3 is 10.6 Å². The highest BCUT2D eigenvalue weighted by atomic mass is 35.5. The molecule has 1 fully saturated rings. The van der Waals surface area contributed by atoms with E-state index in [1.165, 1.54) is 0 Å². The number of anilines is 1. The van der Waals surface area contributed by atoms with Crippen molar-refractivity contribution in [1.82, 2.24) is 14.9 Å². The van der Waals surface area contributed by atoms with Gasteiger partial charge in [0.05, 0.1) is 27.8 Å². The van der Waals surface area contributed by atoms with E-state index in [4.69, 9.17) is 17.3 Å². The van der Waals surface area contributed by atoms with E-state index >= 15 is 0 Å². The van der Waals surface area contributed by atoms with Gasteiger partial charge in [-0.15, -0.1) is 0 Å². The van der Waals surface area contributed by atoms with Gasteiger partial charge in [-0.25, -0.2) is 27.2 Å². The molecule has 0 saturated carbocycles. The lowest BCUT2D eigenvalue weighted by Gasteiger charge is -2.36. The standard InChI is InChI=1S/C19H20ClF2N5O3S/c20-13-8-14(21)11(7-15(13)22)18-24-16-10-31(29,30)9-12(16)19(25-18)27-5-3-26(4-6-27)2-1-17(23)28/h7-8H,1-6,9-10H2,(H2,23,28). The minimum Gasteiger partial charge on any atom is -0.370 e. The van der Waals surface area contributed by atoms with E-state index < -0.39 is 21.5 Å². The average molecular weight is 472 g/mol. The molecule has 1 saturated heterocycles. The predicted octanol–water partition coefficient (Wildman–Crippen LogP) is 1.50. The molecule has 1 amide bonds. The lowest BCUT2D eigenvalue weighted by molar-refractivity contribution is -0.118. The van der Waals surface area contributed by atoms with Crippen LogP contribution >= 0.6 is 11.6 Å². The summed E-state index contributed by atoms with van der Waals surface area (Å²) >= 11 is 5.64. The molecule has 0 atom stereocenters. The van der Waals surface area contributed by atoms with Crippen molar-refractivity contribution < 1.29 is 22.0 Å². The molecule has 2 aromatic rings. The molecule has 31 heavy (non-hydrogen) atoms. The highest BCUT2D eigenvalue weighted by molar-refractivity contribution is 7.90. The zero-order valence-electron chi connectivity index (χ0n) is 16.4. The Morgan fingerprint density at radius 2 is 1.81 bits per heavy atom. The minimum absolute atomic E-state index is 0.0879. The Balaban J connectivity index is 1.69. The number of hydrogen-bond donors (Lipinski definition) is 1. The van der Waals surface area contributed by atoms with Gasteiger partial charge in [0, 0.05) is 44.7 Å². The number of aromatic nitrogens is 2. The van der Waals surface area contributed by atoms with Crippen LogP contribution in [-0.4, -0.2) is 61.9 Å². The molecule has 1 aromatic heterocycles. The SMILES string of the molecule is NC(=O)CCN1CCN(c2nc(-c3cc(F)c(Cl)cc3F)nc3c2CS(=O)(=O)C3)CC1. The molecule has 2 aliphatic rings. The Hall–Kier alpha value is -2.37. The van der Waals surface area contributed by atoms with Crippen LogP contribution in [0.4, 0.5) is 14.6 Å². The molecule has 1 aromatic carbocycles. The van der Waals surface area contributed by atoms with E-state index in [0.29, 0.717) is 49.8 Å². The highest BCUT2D eigenvalue weighted by Crippen LogP contribution is 2.35. The van der Waals surface area contributed by atoms with Gasteiger partial charge in [0.2, 0.25) is 5.91 Å². The summed E-state index contributed by atoms with van der Waals surface area (Å²) < 4.78 is 53.0. The van der Waals surface area contributed by atoms with Crippen molar-refractivity contribution in [2.75, 3.05) is 37.6 Å². The first-order chi connectivity index (χ1) is 14.6. The minimum atomic E-state index is -3.40. The number of fused-ring (bicyclic) bond motifs is 1. The van der Waals surface area contributed by atoms with Crippen LogP contribution in [-0.2, 0) is 26.1 Å². The zero-order chi connectivity index (χ0) is 22.3. The molecule has 0 radical (unpaired) electrons. The predicted molar refractivity (Wildman–Crippen MR) is 111 cm³/mol. The maximum Gasteiger partial charge on any atom is 0.218 e. The Bertz CT molecular complexity index is 1150. The van der Waals surface area contributed by atoms with Gasteiger partial charge in [-0.1, -0.05) is 11.6 Å². The molecule has 0 unspecified atom stereocenters. The van der Waals surface area contributed by atoms with Crippen molar-refractivity contribution in [3.05, 3.63) is 40.0 Å². The van der Waals surface area contributed by atoms with Crippen LogP contribution in [0.5, 0.6) is 0 Å². The van der Waals surface area contributed by atoms with Crippen LogP contribution in [0.2, 0.25) is 5.02 Å². The number of sulfone groups is 1. The number of nitrogens with zero attached hydrogens (tertiary/aromatic N) is 4. The van der Waals surface area contributed by atoms with Crippen molar-refractivity contribution in [3.63, 3.8) is 0 Å². The molecule has 8 nitrogen and oxygen atoms in total. The second-order valence-corrected chi connectivity index (χ2v) is 10.1. The van der Waals surface area contributed by atoms with Gasteiger partial charge in [0.15, 0.2) is 15.7 Å². The summed E-state index contributed by atoms with van der Waals surface area (Å²) in [6.07, 6.45) is 0.257. The number of benzene rings is 1. The molecule has 4 rings (SSSR count). The number of amides is 1. The van der Waals surface area contributed by atoms with Crippen molar-refractivity contribution >= 4 is 33.2 Å². The number of piperazine rings is 1.